The van der Waals surface area contributed by atoms with Gasteiger partial charge in [0, 0.05) is 18.3 Å². The van der Waals surface area contributed by atoms with Crippen LogP contribution in [0.1, 0.15) is 10.4 Å². The lowest BCUT2D eigenvalue weighted by atomic mass is 10.1. The molecule has 1 heterocycles. The van der Waals surface area contributed by atoms with E-state index in [0.29, 0.717) is 16.7 Å². The average Bonchev–Trinajstić information content (AvgIpc) is 3.07. The van der Waals surface area contributed by atoms with Crippen molar-refractivity contribution in [1.29, 1.82) is 0 Å². The van der Waals surface area contributed by atoms with Crippen LogP contribution in [0.4, 0.5) is 10.1 Å². The van der Waals surface area contributed by atoms with Gasteiger partial charge in [0.1, 0.15) is 5.82 Å². The molecule has 0 aliphatic rings. The first-order chi connectivity index (χ1) is 13.5. The van der Waals surface area contributed by atoms with Crippen LogP contribution in [0.3, 0.4) is 0 Å². The summed E-state index contributed by atoms with van der Waals surface area (Å²) < 4.78 is 20.1. The number of rotatable bonds is 6. The molecule has 144 valence electrons. The van der Waals surface area contributed by atoms with Crippen LogP contribution in [0, 0.1) is 5.82 Å². The summed E-state index contributed by atoms with van der Waals surface area (Å²) >= 11 is 1.23. The Labute approximate surface area is 164 Å². The van der Waals surface area contributed by atoms with Gasteiger partial charge in [-0.3, -0.25) is 9.59 Å². The molecular formula is C19H17FN4O3S. The zero-order valence-electron chi connectivity index (χ0n) is 15.2. The first kappa shape index (κ1) is 19.6. The number of methoxy groups -OCH3 is 1. The molecule has 7 nitrogen and oxygen atoms in total. The van der Waals surface area contributed by atoms with Crippen LogP contribution in [0.15, 0.2) is 53.7 Å². The van der Waals surface area contributed by atoms with Crippen LogP contribution < -0.4 is 5.32 Å². The van der Waals surface area contributed by atoms with E-state index >= 15 is 0 Å². The molecule has 1 amide bonds. The average molecular weight is 400 g/mol. The third-order valence-corrected chi connectivity index (χ3v) is 4.89. The summed E-state index contributed by atoms with van der Waals surface area (Å²) in [5.74, 6) is -0.689. The highest BCUT2D eigenvalue weighted by atomic mass is 32.2. The summed E-state index contributed by atoms with van der Waals surface area (Å²) in [5.41, 5.74) is 1.29. The molecule has 0 radical (unpaired) electrons. The number of carbonyl (C=O) groups is 2. The van der Waals surface area contributed by atoms with Gasteiger partial charge in [-0.05, 0) is 36.4 Å². The first-order valence-corrected chi connectivity index (χ1v) is 9.23. The molecule has 2 aromatic carbocycles. The summed E-state index contributed by atoms with van der Waals surface area (Å²) in [6, 6.07) is 12.7. The summed E-state index contributed by atoms with van der Waals surface area (Å²) in [6.45, 7) is 0. The molecule has 0 fully saturated rings. The second kappa shape index (κ2) is 8.66. The molecule has 1 aromatic heterocycles. The van der Waals surface area contributed by atoms with Crippen molar-refractivity contribution in [2.75, 3.05) is 18.2 Å². The number of amides is 1. The Morgan fingerprint density at radius 2 is 1.86 bits per heavy atom. The Balaban J connectivity index is 1.71. The molecule has 0 unspecified atom stereocenters. The Hall–Kier alpha value is -3.20. The van der Waals surface area contributed by atoms with E-state index in [-0.39, 0.29) is 17.3 Å². The minimum atomic E-state index is -0.576. The number of nitrogens with zero attached hydrogens (tertiary/aromatic N) is 3. The van der Waals surface area contributed by atoms with Crippen molar-refractivity contribution in [3.63, 3.8) is 0 Å². The number of hydrogen-bond donors (Lipinski definition) is 1. The number of esters is 1. The lowest BCUT2D eigenvalue weighted by molar-refractivity contribution is -0.137. The van der Waals surface area contributed by atoms with Crippen molar-refractivity contribution in [2.45, 2.75) is 5.16 Å². The number of carbonyl (C=O) groups excluding carboxylic acids is 2. The largest absolute Gasteiger partial charge is 0.468 e. The second-order valence-corrected chi connectivity index (χ2v) is 6.68. The van der Waals surface area contributed by atoms with Gasteiger partial charge in [0.15, 0.2) is 11.0 Å². The topological polar surface area (TPSA) is 86.1 Å². The number of hydrogen-bond acceptors (Lipinski definition) is 6. The van der Waals surface area contributed by atoms with Gasteiger partial charge in [0.25, 0.3) is 5.91 Å². The SMILES string of the molecule is COC(=O)CSc1nnc(-c2ccc(NC(=O)c3ccccc3F)cc2)n1C. The third-order valence-electron chi connectivity index (χ3n) is 3.90. The van der Waals surface area contributed by atoms with Crippen LogP contribution in [-0.4, -0.2) is 39.5 Å². The van der Waals surface area contributed by atoms with Crippen molar-refractivity contribution in [2.24, 2.45) is 7.05 Å². The van der Waals surface area contributed by atoms with Crippen molar-refractivity contribution >= 4 is 29.3 Å². The summed E-state index contributed by atoms with van der Waals surface area (Å²) in [6.07, 6.45) is 0. The lowest BCUT2D eigenvalue weighted by Crippen LogP contribution is -2.13. The van der Waals surface area contributed by atoms with E-state index in [1.807, 2.05) is 0 Å². The summed E-state index contributed by atoms with van der Waals surface area (Å²) in [5, 5.41) is 11.5. The van der Waals surface area contributed by atoms with E-state index in [4.69, 9.17) is 0 Å². The maximum absolute atomic E-state index is 13.7. The minimum absolute atomic E-state index is 0.0212. The molecule has 3 rings (SSSR count). The smallest absolute Gasteiger partial charge is 0.316 e. The molecule has 1 N–H and O–H groups in total. The molecule has 0 saturated heterocycles. The predicted molar refractivity (Wildman–Crippen MR) is 104 cm³/mol. The van der Waals surface area contributed by atoms with Gasteiger partial charge in [0.2, 0.25) is 0 Å². The number of nitrogens with one attached hydrogen (secondary N) is 1. The van der Waals surface area contributed by atoms with Gasteiger partial charge in [0.05, 0.1) is 18.4 Å². The number of halogens is 1. The van der Waals surface area contributed by atoms with E-state index in [1.165, 1.54) is 37.1 Å². The van der Waals surface area contributed by atoms with E-state index < -0.39 is 11.7 Å². The fourth-order valence-corrected chi connectivity index (χ4v) is 3.16. The third kappa shape index (κ3) is 4.37. The van der Waals surface area contributed by atoms with Gasteiger partial charge in [-0.15, -0.1) is 10.2 Å². The number of thioether (sulfide) groups is 1. The highest BCUT2D eigenvalue weighted by Gasteiger charge is 2.14. The first-order valence-electron chi connectivity index (χ1n) is 8.25. The van der Waals surface area contributed by atoms with E-state index in [9.17, 15) is 14.0 Å². The summed E-state index contributed by atoms with van der Waals surface area (Å²) in [7, 11) is 3.13. The summed E-state index contributed by atoms with van der Waals surface area (Å²) in [4.78, 5) is 23.4. The molecule has 28 heavy (non-hydrogen) atoms. The molecule has 0 aliphatic heterocycles. The maximum Gasteiger partial charge on any atom is 0.316 e. The van der Waals surface area contributed by atoms with Crippen LogP contribution in [0.5, 0.6) is 0 Å². The van der Waals surface area contributed by atoms with Gasteiger partial charge < -0.3 is 14.6 Å². The van der Waals surface area contributed by atoms with Crippen LogP contribution in [0.25, 0.3) is 11.4 Å². The second-order valence-electron chi connectivity index (χ2n) is 5.74. The Kier molecular flexibility index (Phi) is 6.05. The molecule has 0 atom stereocenters. The van der Waals surface area contributed by atoms with Crippen molar-refractivity contribution in [1.82, 2.24) is 14.8 Å². The van der Waals surface area contributed by atoms with Crippen molar-refractivity contribution in [3.8, 4) is 11.4 Å². The molecule has 0 saturated carbocycles. The number of aromatic nitrogens is 3. The van der Waals surface area contributed by atoms with Crippen molar-refractivity contribution in [3.05, 3.63) is 59.9 Å². The van der Waals surface area contributed by atoms with Gasteiger partial charge >= 0.3 is 5.97 Å². The molecule has 9 heteroatoms. The van der Waals surface area contributed by atoms with Gasteiger partial charge in [-0.2, -0.15) is 0 Å². The van der Waals surface area contributed by atoms with E-state index in [1.54, 1.807) is 41.9 Å². The van der Waals surface area contributed by atoms with E-state index in [0.717, 1.165) is 5.56 Å². The highest BCUT2D eigenvalue weighted by Crippen LogP contribution is 2.24. The van der Waals surface area contributed by atoms with E-state index in [2.05, 4.69) is 20.3 Å². The Morgan fingerprint density at radius 1 is 1.14 bits per heavy atom. The molecular weight excluding hydrogens is 383 g/mol. The molecule has 0 spiro atoms. The van der Waals surface area contributed by atoms with Crippen LogP contribution >= 0.6 is 11.8 Å². The molecule has 3 aromatic rings. The number of benzene rings is 2. The van der Waals surface area contributed by atoms with Crippen LogP contribution in [-0.2, 0) is 16.6 Å². The fourth-order valence-electron chi connectivity index (χ4n) is 2.42. The lowest BCUT2D eigenvalue weighted by Gasteiger charge is -2.07. The van der Waals surface area contributed by atoms with Gasteiger partial charge in [-0.25, -0.2) is 4.39 Å². The monoisotopic (exact) mass is 400 g/mol. The molecule has 0 aliphatic carbocycles. The highest BCUT2D eigenvalue weighted by molar-refractivity contribution is 7.99. The van der Waals surface area contributed by atoms with Crippen molar-refractivity contribution < 1.29 is 18.7 Å². The Morgan fingerprint density at radius 3 is 2.54 bits per heavy atom. The maximum atomic E-state index is 13.7. The number of anilines is 1. The molecule has 0 bridgehead atoms. The quantitative estimate of drug-likeness (QED) is 0.505. The standard InChI is InChI=1S/C19H17FN4O3S/c1-24-17(22-23-19(24)28-11-16(25)27-2)12-7-9-13(10-8-12)21-18(26)14-5-3-4-6-15(14)20/h3-10H,11H2,1-2H3,(H,21,26). The van der Waals surface area contributed by atoms with Crippen LogP contribution in [0.2, 0.25) is 0 Å². The zero-order chi connectivity index (χ0) is 20.1. The predicted octanol–water partition coefficient (Wildman–Crippen LogP) is 3.14. The minimum Gasteiger partial charge on any atom is -0.468 e. The normalized spacial score (nSPS) is 10.5. The zero-order valence-corrected chi connectivity index (χ0v) is 16.0. The fraction of sp³-hybridized carbons (Fsp3) is 0.158. The Bertz CT molecular complexity index is 1000. The van der Waals surface area contributed by atoms with Gasteiger partial charge in [-0.1, -0.05) is 23.9 Å². The number of ether oxygens (including phenoxy) is 1.